The van der Waals surface area contributed by atoms with Crippen LogP contribution in [0.25, 0.3) is 10.9 Å². The third-order valence-corrected chi connectivity index (χ3v) is 5.62. The fourth-order valence-electron chi connectivity index (χ4n) is 3.64. The molecule has 1 aliphatic rings. The molecule has 0 atom stereocenters. The molecule has 0 saturated heterocycles. The summed E-state index contributed by atoms with van der Waals surface area (Å²) in [6, 6.07) is 9.85. The number of fused-ring (bicyclic) bond motifs is 3. The highest BCUT2D eigenvalue weighted by Crippen LogP contribution is 2.27. The number of hydrogen-bond acceptors (Lipinski definition) is 4. The van der Waals surface area contributed by atoms with Crippen LogP contribution in [0.4, 0.5) is 0 Å². The maximum Gasteiger partial charge on any atom is 0.291 e. The number of nitrogens with one attached hydrogen (secondary N) is 1. The maximum absolute atomic E-state index is 13.3. The molecule has 2 amide bonds. The standard InChI is InChI=1S/C23H33N5O2/c1-6-26(7-2)13-12-24-21(29)16-28-22(30)19-14-17-10-8-9-11-18(17)27(19)15-20(25-28)23(3,4)5/h8-11,14H,6-7,12-13,15-16H2,1-5H3,(H,24,29). The summed E-state index contributed by atoms with van der Waals surface area (Å²) in [5.74, 6) is -0.443. The number of aromatic nitrogens is 1. The van der Waals surface area contributed by atoms with E-state index in [2.05, 4.69) is 49.9 Å². The van der Waals surface area contributed by atoms with Gasteiger partial charge in [0.2, 0.25) is 5.91 Å². The van der Waals surface area contributed by atoms with E-state index in [0.29, 0.717) is 18.8 Å². The largest absolute Gasteiger partial charge is 0.353 e. The summed E-state index contributed by atoms with van der Waals surface area (Å²) >= 11 is 0. The number of carbonyl (C=O) groups excluding carboxylic acids is 2. The third kappa shape index (κ3) is 4.73. The summed E-state index contributed by atoms with van der Waals surface area (Å²) in [5.41, 5.74) is 2.20. The number of rotatable bonds is 7. The zero-order valence-corrected chi connectivity index (χ0v) is 18.7. The molecule has 3 rings (SSSR count). The molecule has 2 heterocycles. The lowest BCUT2D eigenvalue weighted by atomic mass is 9.90. The number of benzene rings is 1. The topological polar surface area (TPSA) is 69.9 Å². The first-order valence-corrected chi connectivity index (χ1v) is 10.7. The molecule has 0 unspecified atom stereocenters. The van der Waals surface area contributed by atoms with Crippen molar-refractivity contribution in [2.75, 3.05) is 32.7 Å². The molecule has 0 bridgehead atoms. The molecule has 1 aromatic heterocycles. The molecule has 30 heavy (non-hydrogen) atoms. The van der Waals surface area contributed by atoms with E-state index in [-0.39, 0.29) is 23.8 Å². The number of likely N-dealkylation sites (N-methyl/N-ethyl adjacent to an activating group) is 1. The molecule has 2 aromatic rings. The Morgan fingerprint density at radius 3 is 2.57 bits per heavy atom. The van der Waals surface area contributed by atoms with Crippen LogP contribution in [0, 0.1) is 5.41 Å². The normalized spacial score (nSPS) is 14.7. The van der Waals surface area contributed by atoms with Gasteiger partial charge in [-0.05, 0) is 25.2 Å². The van der Waals surface area contributed by atoms with Crippen molar-refractivity contribution in [3.8, 4) is 0 Å². The minimum Gasteiger partial charge on any atom is -0.353 e. The average molecular weight is 412 g/mol. The van der Waals surface area contributed by atoms with Gasteiger partial charge < -0.3 is 14.8 Å². The molecular formula is C23H33N5O2. The van der Waals surface area contributed by atoms with Crippen LogP contribution in [0.2, 0.25) is 0 Å². The van der Waals surface area contributed by atoms with Crippen LogP contribution in [0.15, 0.2) is 35.4 Å². The molecule has 0 spiro atoms. The van der Waals surface area contributed by atoms with E-state index >= 15 is 0 Å². The molecule has 1 aliphatic heterocycles. The number of amides is 2. The molecule has 1 aromatic carbocycles. The highest BCUT2D eigenvalue weighted by Gasteiger charge is 2.31. The van der Waals surface area contributed by atoms with Gasteiger partial charge in [-0.1, -0.05) is 52.8 Å². The van der Waals surface area contributed by atoms with Crippen LogP contribution in [0.3, 0.4) is 0 Å². The second-order valence-corrected chi connectivity index (χ2v) is 8.71. The molecule has 0 fully saturated rings. The van der Waals surface area contributed by atoms with E-state index in [1.165, 1.54) is 5.01 Å². The fraction of sp³-hybridized carbons (Fsp3) is 0.522. The van der Waals surface area contributed by atoms with Crippen molar-refractivity contribution in [2.24, 2.45) is 10.5 Å². The molecule has 0 aliphatic carbocycles. The van der Waals surface area contributed by atoms with Crippen molar-refractivity contribution in [1.29, 1.82) is 0 Å². The summed E-state index contributed by atoms with van der Waals surface area (Å²) < 4.78 is 2.01. The molecule has 1 N–H and O–H groups in total. The Balaban J connectivity index is 1.84. The predicted molar refractivity (Wildman–Crippen MR) is 121 cm³/mol. The highest BCUT2D eigenvalue weighted by molar-refractivity contribution is 6.03. The lowest BCUT2D eigenvalue weighted by molar-refractivity contribution is -0.121. The van der Waals surface area contributed by atoms with Crippen molar-refractivity contribution in [1.82, 2.24) is 19.8 Å². The Morgan fingerprint density at radius 1 is 1.20 bits per heavy atom. The van der Waals surface area contributed by atoms with Gasteiger partial charge in [-0.25, -0.2) is 5.01 Å². The van der Waals surface area contributed by atoms with Crippen molar-refractivity contribution in [3.05, 3.63) is 36.0 Å². The Hall–Kier alpha value is -2.67. The van der Waals surface area contributed by atoms with Gasteiger partial charge in [0.25, 0.3) is 5.91 Å². The van der Waals surface area contributed by atoms with Gasteiger partial charge >= 0.3 is 0 Å². The van der Waals surface area contributed by atoms with Crippen LogP contribution in [0.5, 0.6) is 0 Å². The van der Waals surface area contributed by atoms with Gasteiger partial charge in [-0.3, -0.25) is 9.59 Å². The number of para-hydroxylation sites is 1. The molecule has 162 valence electrons. The summed E-state index contributed by atoms with van der Waals surface area (Å²) in [4.78, 5) is 28.1. The minimum absolute atomic E-state index is 0.0851. The minimum atomic E-state index is -0.246. The van der Waals surface area contributed by atoms with Crippen molar-refractivity contribution < 1.29 is 9.59 Å². The molecule has 0 saturated carbocycles. The van der Waals surface area contributed by atoms with Gasteiger partial charge in [0.15, 0.2) is 0 Å². The van der Waals surface area contributed by atoms with Crippen LogP contribution >= 0.6 is 0 Å². The van der Waals surface area contributed by atoms with Crippen LogP contribution < -0.4 is 5.32 Å². The molecular weight excluding hydrogens is 378 g/mol. The second kappa shape index (κ2) is 9.00. The van der Waals surface area contributed by atoms with Crippen molar-refractivity contribution in [2.45, 2.75) is 41.2 Å². The van der Waals surface area contributed by atoms with Crippen LogP contribution in [-0.4, -0.2) is 64.7 Å². The first kappa shape index (κ1) is 22.0. The average Bonchev–Trinajstić information content (AvgIpc) is 3.00. The fourth-order valence-corrected chi connectivity index (χ4v) is 3.64. The summed E-state index contributed by atoms with van der Waals surface area (Å²) in [7, 11) is 0. The monoisotopic (exact) mass is 411 g/mol. The zero-order chi connectivity index (χ0) is 21.9. The maximum atomic E-state index is 13.3. The van der Waals surface area contributed by atoms with E-state index in [9.17, 15) is 9.59 Å². The van der Waals surface area contributed by atoms with E-state index in [4.69, 9.17) is 0 Å². The first-order valence-electron chi connectivity index (χ1n) is 10.7. The van der Waals surface area contributed by atoms with E-state index in [1.54, 1.807) is 0 Å². The highest BCUT2D eigenvalue weighted by atomic mass is 16.2. The quantitative estimate of drug-likeness (QED) is 0.762. The summed E-state index contributed by atoms with van der Waals surface area (Å²) in [5, 5.41) is 9.91. The number of hydrazone groups is 1. The van der Waals surface area contributed by atoms with Gasteiger partial charge in [-0.2, -0.15) is 5.10 Å². The Morgan fingerprint density at radius 2 is 1.90 bits per heavy atom. The smallest absolute Gasteiger partial charge is 0.291 e. The number of nitrogens with zero attached hydrogens (tertiary/aromatic N) is 4. The Kier molecular flexibility index (Phi) is 6.61. The van der Waals surface area contributed by atoms with Gasteiger partial charge in [0.05, 0.1) is 12.3 Å². The van der Waals surface area contributed by atoms with E-state index in [1.807, 2.05) is 34.9 Å². The van der Waals surface area contributed by atoms with Crippen molar-refractivity contribution >= 4 is 28.4 Å². The molecule has 7 nitrogen and oxygen atoms in total. The van der Waals surface area contributed by atoms with Crippen molar-refractivity contribution in [3.63, 3.8) is 0 Å². The summed E-state index contributed by atoms with van der Waals surface area (Å²) in [6.45, 7) is 14.1. The molecule has 7 heteroatoms. The SMILES string of the molecule is CCN(CC)CCNC(=O)CN1N=C(C(C)(C)C)Cn2c(cc3ccccc32)C1=O. The van der Waals surface area contributed by atoms with Crippen LogP contribution in [-0.2, 0) is 11.3 Å². The van der Waals surface area contributed by atoms with E-state index in [0.717, 1.165) is 36.2 Å². The van der Waals surface area contributed by atoms with Gasteiger partial charge in [0, 0.05) is 29.4 Å². The van der Waals surface area contributed by atoms with E-state index < -0.39 is 0 Å². The summed E-state index contributed by atoms with van der Waals surface area (Å²) in [6.07, 6.45) is 0. The number of hydrogen-bond donors (Lipinski definition) is 1. The first-order chi connectivity index (χ1) is 14.2. The van der Waals surface area contributed by atoms with Crippen LogP contribution in [0.1, 0.15) is 45.1 Å². The predicted octanol–water partition coefficient (Wildman–Crippen LogP) is 2.96. The third-order valence-electron chi connectivity index (χ3n) is 5.62. The lowest BCUT2D eigenvalue weighted by Gasteiger charge is -2.23. The van der Waals surface area contributed by atoms with Gasteiger partial charge in [0.1, 0.15) is 12.2 Å². The zero-order valence-electron chi connectivity index (χ0n) is 18.7. The Labute approximate surface area is 178 Å². The second-order valence-electron chi connectivity index (χ2n) is 8.71. The lowest BCUT2D eigenvalue weighted by Crippen LogP contribution is -2.41. The Bertz CT molecular complexity index is 950. The van der Waals surface area contributed by atoms with Gasteiger partial charge in [-0.15, -0.1) is 0 Å². The molecule has 0 radical (unpaired) electrons. The number of carbonyl (C=O) groups is 2.